The Morgan fingerprint density at radius 1 is 0.359 bits per heavy atom. The Labute approximate surface area is 377 Å². The normalized spacial score (nSPS) is 17.1. The van der Waals surface area contributed by atoms with Crippen molar-refractivity contribution in [3.8, 4) is 44.5 Å². The molecule has 0 radical (unpaired) electrons. The average Bonchev–Trinajstić information content (AvgIpc) is 3.80. The van der Waals surface area contributed by atoms with E-state index in [4.69, 9.17) is 0 Å². The summed E-state index contributed by atoms with van der Waals surface area (Å²) in [5, 5.41) is 2.64. The Morgan fingerprint density at radius 3 is 1.47 bits per heavy atom. The van der Waals surface area contributed by atoms with Crippen molar-refractivity contribution < 1.29 is 0 Å². The van der Waals surface area contributed by atoms with E-state index in [1.165, 1.54) is 122 Å². The van der Waals surface area contributed by atoms with Crippen LogP contribution in [0.3, 0.4) is 0 Å². The van der Waals surface area contributed by atoms with Crippen molar-refractivity contribution in [3.63, 3.8) is 0 Å². The van der Waals surface area contributed by atoms with Gasteiger partial charge in [0, 0.05) is 39.2 Å². The van der Waals surface area contributed by atoms with E-state index < -0.39 is 0 Å². The van der Waals surface area contributed by atoms with Crippen molar-refractivity contribution >= 4 is 27.8 Å². The van der Waals surface area contributed by atoms with E-state index in [-0.39, 0.29) is 22.2 Å². The molecule has 0 saturated carbocycles. The second kappa shape index (κ2) is 13.1. The number of nitrogens with zero attached hydrogens (tertiary/aromatic N) is 1. The third kappa shape index (κ3) is 5.01. The highest BCUT2D eigenvalue weighted by molar-refractivity contribution is 6.01. The van der Waals surface area contributed by atoms with Gasteiger partial charge in [-0.1, -0.05) is 187 Å². The lowest BCUT2D eigenvalue weighted by Gasteiger charge is -2.31. The monoisotopic (exact) mass is 821 g/mol. The Hall–Kier alpha value is -6.96. The van der Waals surface area contributed by atoms with Gasteiger partial charge in [0.05, 0.1) is 0 Å². The fourth-order valence-corrected chi connectivity index (χ4v) is 12.8. The quantitative estimate of drug-likeness (QED) is 0.171. The Morgan fingerprint density at radius 2 is 0.828 bits per heavy atom. The maximum Gasteiger partial charge on any atom is 0.0465 e. The molecule has 0 amide bonds. The summed E-state index contributed by atoms with van der Waals surface area (Å²) >= 11 is 0. The van der Waals surface area contributed by atoms with E-state index in [1.54, 1.807) is 0 Å². The Balaban J connectivity index is 0.992. The number of hydrogen-bond acceptors (Lipinski definition) is 1. The molecule has 0 N–H and O–H groups in total. The first-order valence-corrected chi connectivity index (χ1v) is 23.2. The summed E-state index contributed by atoms with van der Waals surface area (Å²) in [7, 11) is 0. The molecule has 1 heteroatoms. The van der Waals surface area contributed by atoms with Gasteiger partial charge in [-0.25, -0.2) is 0 Å². The standard InChI is InChI=1S/C63H51N/c1-61(2)53-23-13-11-20-45(53)47-31-27-40(35-56(47)61)64(41-28-32-48-46-21-12-14-24-54(46)62(3,4)57(48)36-41)42-29-33-51-58(37-42)63(5,6)55-25-15-22-49(60(51)55)52-34-39-17-8-10-19-44(39)59-43-18-9-7-16-38(43)26-30-50(52)59/h7-33,35-37,52H,34H2,1-6H3. The first kappa shape index (κ1) is 37.6. The van der Waals surface area contributed by atoms with Crippen molar-refractivity contribution in [2.75, 3.05) is 4.90 Å². The minimum absolute atomic E-state index is 0.113. The van der Waals surface area contributed by atoms with E-state index in [2.05, 4.69) is 228 Å². The first-order valence-electron chi connectivity index (χ1n) is 23.2. The van der Waals surface area contributed by atoms with E-state index >= 15 is 0 Å². The Bertz CT molecular complexity index is 3360. The summed E-state index contributed by atoms with van der Waals surface area (Å²) in [5.74, 6) is 0.236. The van der Waals surface area contributed by atoms with E-state index in [1.807, 2.05) is 0 Å². The van der Waals surface area contributed by atoms with Crippen molar-refractivity contribution in [1.82, 2.24) is 0 Å². The van der Waals surface area contributed by atoms with E-state index in [0.29, 0.717) is 0 Å². The van der Waals surface area contributed by atoms with Gasteiger partial charge < -0.3 is 4.90 Å². The molecule has 0 fully saturated rings. The zero-order valence-electron chi connectivity index (χ0n) is 37.6. The van der Waals surface area contributed by atoms with Crippen LogP contribution in [0.25, 0.3) is 55.3 Å². The fourth-order valence-electron chi connectivity index (χ4n) is 12.8. The van der Waals surface area contributed by atoms with Gasteiger partial charge >= 0.3 is 0 Å². The molecule has 4 aliphatic carbocycles. The third-order valence-corrected chi connectivity index (χ3v) is 16.0. The minimum Gasteiger partial charge on any atom is -0.310 e. The predicted molar refractivity (Wildman–Crippen MR) is 269 cm³/mol. The molecule has 9 aromatic carbocycles. The van der Waals surface area contributed by atoms with Gasteiger partial charge in [0.1, 0.15) is 0 Å². The lowest BCUT2D eigenvalue weighted by Crippen LogP contribution is -2.19. The van der Waals surface area contributed by atoms with Crippen LogP contribution in [0.2, 0.25) is 0 Å². The molecule has 0 bridgehead atoms. The lowest BCUT2D eigenvalue weighted by atomic mass is 9.72. The van der Waals surface area contributed by atoms with Crippen LogP contribution in [0.5, 0.6) is 0 Å². The topological polar surface area (TPSA) is 3.24 Å². The number of hydrogen-bond donors (Lipinski definition) is 0. The fraction of sp³-hybridized carbons (Fsp3) is 0.175. The molecular weight excluding hydrogens is 771 g/mol. The molecule has 1 unspecified atom stereocenters. The zero-order chi connectivity index (χ0) is 43.3. The summed E-state index contributed by atoms with van der Waals surface area (Å²) in [4.78, 5) is 2.54. The SMILES string of the molecule is CC1(C)c2ccccc2-c2ccc(N(c3ccc4c(c3)C(C)(C)c3ccccc3-4)c3ccc4c(c3)C(C)(C)c3cccc(C5Cc6ccccc6-c6c5ccc5ccccc65)c3-4)cc21. The molecule has 1 nitrogen and oxygen atoms in total. The van der Waals surface area contributed by atoms with Crippen LogP contribution in [0, 0.1) is 0 Å². The number of fused-ring (bicyclic) bond motifs is 14. The lowest BCUT2D eigenvalue weighted by molar-refractivity contribution is 0.658. The van der Waals surface area contributed by atoms with Gasteiger partial charge in [-0.15, -0.1) is 0 Å². The smallest absolute Gasteiger partial charge is 0.0465 e. The maximum atomic E-state index is 2.54. The van der Waals surface area contributed by atoms with Crippen LogP contribution < -0.4 is 4.90 Å². The second-order valence-electron chi connectivity index (χ2n) is 20.4. The number of benzene rings is 9. The zero-order valence-corrected chi connectivity index (χ0v) is 37.6. The van der Waals surface area contributed by atoms with E-state index in [9.17, 15) is 0 Å². The van der Waals surface area contributed by atoms with Gasteiger partial charge in [0.15, 0.2) is 0 Å². The van der Waals surface area contributed by atoms with Crippen molar-refractivity contribution in [1.29, 1.82) is 0 Å². The second-order valence-corrected chi connectivity index (χ2v) is 20.4. The molecule has 0 aromatic heterocycles. The number of anilines is 3. The summed E-state index contributed by atoms with van der Waals surface area (Å²) in [6.45, 7) is 14.4. The molecule has 4 aliphatic rings. The van der Waals surface area contributed by atoms with Crippen molar-refractivity contribution in [2.45, 2.75) is 70.1 Å². The molecule has 13 rings (SSSR count). The van der Waals surface area contributed by atoms with Crippen molar-refractivity contribution in [2.24, 2.45) is 0 Å². The van der Waals surface area contributed by atoms with Crippen molar-refractivity contribution in [3.05, 3.63) is 232 Å². The highest BCUT2D eigenvalue weighted by Crippen LogP contribution is 2.57. The highest BCUT2D eigenvalue weighted by atomic mass is 15.1. The van der Waals surface area contributed by atoms with E-state index in [0.717, 1.165) is 6.42 Å². The highest BCUT2D eigenvalue weighted by Gasteiger charge is 2.41. The Kier molecular flexibility index (Phi) is 7.67. The summed E-state index contributed by atoms with van der Waals surface area (Å²) in [5.41, 5.74) is 26.7. The molecule has 0 saturated heterocycles. The average molecular weight is 822 g/mol. The van der Waals surface area contributed by atoms with Gasteiger partial charge in [-0.3, -0.25) is 0 Å². The van der Waals surface area contributed by atoms with Gasteiger partial charge in [0.2, 0.25) is 0 Å². The van der Waals surface area contributed by atoms with Crippen LogP contribution in [0.4, 0.5) is 17.1 Å². The summed E-state index contributed by atoms with van der Waals surface area (Å²) < 4.78 is 0. The molecule has 0 spiro atoms. The van der Waals surface area contributed by atoms with Crippen LogP contribution in [0.1, 0.15) is 97.5 Å². The predicted octanol–water partition coefficient (Wildman–Crippen LogP) is 16.6. The molecule has 0 heterocycles. The van der Waals surface area contributed by atoms with Gasteiger partial charge in [-0.05, 0) is 148 Å². The molecule has 9 aromatic rings. The minimum atomic E-state index is -0.204. The van der Waals surface area contributed by atoms with Gasteiger partial charge in [0.25, 0.3) is 0 Å². The number of rotatable bonds is 4. The summed E-state index contributed by atoms with van der Waals surface area (Å²) in [6.07, 6.45) is 0.983. The molecular formula is C63H51N. The summed E-state index contributed by atoms with van der Waals surface area (Å²) in [6, 6.07) is 69.7. The third-order valence-electron chi connectivity index (χ3n) is 16.0. The molecule has 308 valence electrons. The van der Waals surface area contributed by atoms with Gasteiger partial charge in [-0.2, -0.15) is 0 Å². The molecule has 1 atom stereocenters. The largest absolute Gasteiger partial charge is 0.310 e. The van der Waals surface area contributed by atoms with Crippen LogP contribution in [-0.4, -0.2) is 0 Å². The van der Waals surface area contributed by atoms with Crippen LogP contribution in [-0.2, 0) is 22.7 Å². The maximum absolute atomic E-state index is 2.54. The van der Waals surface area contributed by atoms with Crippen LogP contribution >= 0.6 is 0 Å². The first-order chi connectivity index (χ1) is 31.0. The van der Waals surface area contributed by atoms with Crippen LogP contribution in [0.15, 0.2) is 182 Å². The molecule has 0 aliphatic heterocycles. The molecule has 64 heavy (non-hydrogen) atoms.